The first-order chi connectivity index (χ1) is 17.9. The summed E-state index contributed by atoms with van der Waals surface area (Å²) in [5.74, 6) is 0. The highest BCUT2D eigenvalue weighted by atomic mass is 16.3. The summed E-state index contributed by atoms with van der Waals surface area (Å²) in [5.41, 5.74) is 7.34. The zero-order valence-corrected chi connectivity index (χ0v) is 19.4. The third-order valence-electron chi connectivity index (χ3n) is 7.34. The molecule has 2 nitrogen and oxygen atoms in total. The van der Waals surface area contributed by atoms with Crippen LogP contribution in [0.3, 0.4) is 0 Å². The van der Waals surface area contributed by atoms with Gasteiger partial charge in [0.05, 0.1) is 6.26 Å². The summed E-state index contributed by atoms with van der Waals surface area (Å²) in [5, 5.41) is 8.13. The lowest BCUT2D eigenvalue weighted by molar-refractivity contribution is 0.615. The van der Waals surface area contributed by atoms with E-state index in [0.717, 1.165) is 38.5 Å². The summed E-state index contributed by atoms with van der Waals surface area (Å²) in [6.07, 6.45) is 1.77. The van der Waals surface area contributed by atoms with Gasteiger partial charge in [0.25, 0.3) is 0 Å². The lowest BCUT2D eigenvalue weighted by Gasteiger charge is -2.18. The van der Waals surface area contributed by atoms with Gasteiger partial charge in [-0.05, 0) is 50.9 Å². The largest absolute Gasteiger partial charge is 0.464 e. The third-order valence-corrected chi connectivity index (χ3v) is 7.34. The molecule has 168 valence electrons. The Kier molecular flexibility index (Phi) is 3.97. The van der Waals surface area contributed by atoms with Gasteiger partial charge in [0.15, 0.2) is 0 Å². The lowest BCUT2D eigenvalue weighted by atomic mass is 9.85. The number of rotatable bonds is 2. The maximum Gasteiger partial charge on any atom is 0.144 e. The Morgan fingerprint density at radius 2 is 1.00 bits per heavy atom. The molecule has 8 aromatic rings. The number of hydrogen-bond acceptors (Lipinski definition) is 2. The minimum atomic E-state index is 0.865. The van der Waals surface area contributed by atoms with Crippen molar-refractivity contribution in [2.75, 3.05) is 0 Å². The Labute approximate surface area is 207 Å². The average molecular weight is 461 g/mol. The van der Waals surface area contributed by atoms with Crippen molar-refractivity contribution in [3.05, 3.63) is 122 Å². The van der Waals surface area contributed by atoms with E-state index in [-0.39, 0.29) is 0 Å². The van der Waals surface area contributed by atoms with Crippen molar-refractivity contribution in [1.82, 2.24) is 0 Å². The van der Waals surface area contributed by atoms with Gasteiger partial charge >= 0.3 is 0 Å². The van der Waals surface area contributed by atoms with Crippen LogP contribution in [-0.4, -0.2) is 0 Å². The Morgan fingerprint density at radius 3 is 1.69 bits per heavy atom. The van der Waals surface area contributed by atoms with Crippen molar-refractivity contribution < 1.29 is 8.83 Å². The minimum Gasteiger partial charge on any atom is -0.464 e. The smallest absolute Gasteiger partial charge is 0.144 e. The average Bonchev–Trinajstić information content (AvgIpc) is 3.56. The van der Waals surface area contributed by atoms with Crippen LogP contribution in [0.4, 0.5) is 0 Å². The molecule has 0 saturated carbocycles. The van der Waals surface area contributed by atoms with Gasteiger partial charge in [-0.15, -0.1) is 0 Å². The number of hydrogen-bond donors (Lipinski definition) is 0. The van der Waals surface area contributed by atoms with E-state index in [4.69, 9.17) is 8.83 Å². The molecule has 0 N–H and O–H groups in total. The van der Waals surface area contributed by atoms with Gasteiger partial charge in [0.2, 0.25) is 0 Å². The third kappa shape index (κ3) is 2.61. The number of benzene rings is 6. The molecule has 0 unspecified atom stereocenters. The van der Waals surface area contributed by atoms with Gasteiger partial charge in [-0.2, -0.15) is 0 Å². The van der Waals surface area contributed by atoms with Crippen molar-refractivity contribution in [3.63, 3.8) is 0 Å². The quantitative estimate of drug-likeness (QED) is 0.240. The van der Waals surface area contributed by atoms with Crippen LogP contribution < -0.4 is 0 Å². The fourth-order valence-corrected chi connectivity index (χ4v) is 5.86. The van der Waals surface area contributed by atoms with Gasteiger partial charge < -0.3 is 8.83 Å². The van der Waals surface area contributed by atoms with E-state index >= 15 is 0 Å². The molecule has 36 heavy (non-hydrogen) atoms. The fraction of sp³-hybridized carbons (Fsp3) is 0. The second kappa shape index (κ2) is 7.34. The molecular formula is C34H20O2. The van der Waals surface area contributed by atoms with Crippen LogP contribution in [0.2, 0.25) is 0 Å². The Morgan fingerprint density at radius 1 is 0.444 bits per heavy atom. The van der Waals surface area contributed by atoms with Crippen molar-refractivity contribution in [3.8, 4) is 22.3 Å². The van der Waals surface area contributed by atoms with E-state index in [1.165, 1.54) is 38.2 Å². The highest BCUT2D eigenvalue weighted by Crippen LogP contribution is 2.48. The molecule has 0 aliphatic carbocycles. The summed E-state index contributed by atoms with van der Waals surface area (Å²) in [7, 11) is 0. The van der Waals surface area contributed by atoms with E-state index in [1.54, 1.807) is 6.26 Å². The predicted molar refractivity (Wildman–Crippen MR) is 149 cm³/mol. The molecule has 2 heterocycles. The normalized spacial score (nSPS) is 11.9. The van der Waals surface area contributed by atoms with Crippen LogP contribution in [0.1, 0.15) is 0 Å². The summed E-state index contributed by atoms with van der Waals surface area (Å²) in [4.78, 5) is 0. The van der Waals surface area contributed by atoms with E-state index < -0.39 is 0 Å². The molecule has 0 spiro atoms. The van der Waals surface area contributed by atoms with E-state index in [0.29, 0.717) is 0 Å². The number of fused-ring (bicyclic) bond motifs is 7. The van der Waals surface area contributed by atoms with Crippen molar-refractivity contribution >= 4 is 54.5 Å². The van der Waals surface area contributed by atoms with Crippen LogP contribution in [0, 0.1) is 0 Å². The maximum absolute atomic E-state index is 6.59. The molecule has 0 radical (unpaired) electrons. The predicted octanol–water partition coefficient (Wildman–Crippen LogP) is 9.97. The SMILES string of the molecule is c1ccc(-c2c3ccccc3c(-c3cc4occc4c4c3oc3ccccc34)c3ccccc23)cc1. The highest BCUT2D eigenvalue weighted by Gasteiger charge is 2.22. The molecule has 0 aliphatic rings. The number of furan rings is 2. The highest BCUT2D eigenvalue weighted by molar-refractivity contribution is 6.27. The molecule has 8 rings (SSSR count). The van der Waals surface area contributed by atoms with Gasteiger partial charge in [0, 0.05) is 27.3 Å². The molecule has 6 aromatic carbocycles. The molecule has 2 heteroatoms. The first kappa shape index (κ1) is 19.5. The molecule has 0 amide bonds. The summed E-state index contributed by atoms with van der Waals surface area (Å²) >= 11 is 0. The Balaban J connectivity index is 1.62. The van der Waals surface area contributed by atoms with E-state index in [2.05, 4.69) is 97.1 Å². The summed E-state index contributed by atoms with van der Waals surface area (Å²) in [6.45, 7) is 0. The van der Waals surface area contributed by atoms with Gasteiger partial charge in [-0.25, -0.2) is 0 Å². The van der Waals surface area contributed by atoms with Gasteiger partial charge in [-0.3, -0.25) is 0 Å². The standard InChI is InChI=1S/C34H20O2/c1-2-10-21(11-3-1)31-22-12-4-6-14-24(22)32(25-15-7-5-13-23(25)31)28-20-30-27(18-19-35-30)33-26-16-8-9-17-29(26)36-34(28)33/h1-20H. The summed E-state index contributed by atoms with van der Waals surface area (Å²) < 4.78 is 12.6. The van der Waals surface area contributed by atoms with Gasteiger partial charge in [-0.1, -0.05) is 97.1 Å². The van der Waals surface area contributed by atoms with E-state index in [1.807, 2.05) is 18.2 Å². The van der Waals surface area contributed by atoms with Crippen molar-refractivity contribution in [2.24, 2.45) is 0 Å². The molecule has 2 aromatic heterocycles. The molecule has 0 atom stereocenters. The maximum atomic E-state index is 6.59. The topological polar surface area (TPSA) is 26.3 Å². The van der Waals surface area contributed by atoms with Gasteiger partial charge in [0.1, 0.15) is 16.7 Å². The first-order valence-electron chi connectivity index (χ1n) is 12.2. The summed E-state index contributed by atoms with van der Waals surface area (Å²) in [6, 6.07) is 40.5. The Bertz CT molecular complexity index is 2030. The van der Waals surface area contributed by atoms with Crippen LogP contribution in [0.15, 0.2) is 130 Å². The fourth-order valence-electron chi connectivity index (χ4n) is 5.86. The van der Waals surface area contributed by atoms with Crippen LogP contribution in [0.5, 0.6) is 0 Å². The van der Waals surface area contributed by atoms with Crippen molar-refractivity contribution in [2.45, 2.75) is 0 Å². The van der Waals surface area contributed by atoms with E-state index in [9.17, 15) is 0 Å². The molecule has 0 aliphatic heterocycles. The molecule has 0 bridgehead atoms. The zero-order valence-electron chi connectivity index (χ0n) is 19.4. The van der Waals surface area contributed by atoms with Crippen LogP contribution >= 0.6 is 0 Å². The Hall–Kier alpha value is -4.82. The van der Waals surface area contributed by atoms with Crippen LogP contribution in [0.25, 0.3) is 76.7 Å². The first-order valence-corrected chi connectivity index (χ1v) is 12.2. The van der Waals surface area contributed by atoms with Crippen LogP contribution in [-0.2, 0) is 0 Å². The molecular weight excluding hydrogens is 440 g/mol. The molecule has 0 fully saturated rings. The molecule has 0 saturated heterocycles. The second-order valence-electron chi connectivity index (χ2n) is 9.27. The zero-order chi connectivity index (χ0) is 23.6. The van der Waals surface area contributed by atoms with Crippen molar-refractivity contribution in [1.29, 1.82) is 0 Å². The second-order valence-corrected chi connectivity index (χ2v) is 9.27. The lowest BCUT2D eigenvalue weighted by Crippen LogP contribution is -1.91. The number of para-hydroxylation sites is 1. The monoisotopic (exact) mass is 460 g/mol. The minimum absolute atomic E-state index is 0.865.